The maximum Gasteiger partial charge on any atom is 0.408 e. The zero-order chi connectivity index (χ0) is 13.6. The molecule has 1 unspecified atom stereocenters. The predicted octanol–water partition coefficient (Wildman–Crippen LogP) is 1.09. The Morgan fingerprint density at radius 2 is 1.71 bits per heavy atom. The number of nitrogens with one attached hydrogen (secondary N) is 1. The summed E-state index contributed by atoms with van der Waals surface area (Å²) in [5, 5.41) is 2.41. The molecule has 0 aliphatic carbocycles. The van der Waals surface area contributed by atoms with Gasteiger partial charge in [-0.15, -0.1) is 0 Å². The molecule has 0 aliphatic rings. The molecule has 0 aromatic carbocycles. The van der Waals surface area contributed by atoms with Crippen LogP contribution in [0, 0.1) is 0 Å². The van der Waals surface area contributed by atoms with Crippen LogP contribution in [0.5, 0.6) is 0 Å². The SMILES string of the molecule is COC(=O)[C@H](NC(=O)OC(C)(C)C)C(C)OC. The number of amides is 1. The van der Waals surface area contributed by atoms with E-state index in [1.807, 2.05) is 0 Å². The van der Waals surface area contributed by atoms with Gasteiger partial charge in [0.2, 0.25) is 0 Å². The van der Waals surface area contributed by atoms with E-state index in [2.05, 4.69) is 10.1 Å². The Hall–Kier alpha value is -1.30. The highest BCUT2D eigenvalue weighted by molar-refractivity contribution is 5.81. The van der Waals surface area contributed by atoms with Gasteiger partial charge in [0.05, 0.1) is 13.2 Å². The summed E-state index contributed by atoms with van der Waals surface area (Å²) < 4.78 is 14.6. The van der Waals surface area contributed by atoms with E-state index in [1.54, 1.807) is 27.7 Å². The average Bonchev–Trinajstić information content (AvgIpc) is 2.21. The fourth-order valence-corrected chi connectivity index (χ4v) is 1.07. The number of methoxy groups -OCH3 is 2. The van der Waals surface area contributed by atoms with Gasteiger partial charge in [0.25, 0.3) is 0 Å². The van der Waals surface area contributed by atoms with E-state index >= 15 is 0 Å². The third-order valence-corrected chi connectivity index (χ3v) is 1.97. The minimum absolute atomic E-state index is 0.505. The molecule has 0 bridgehead atoms. The van der Waals surface area contributed by atoms with Crippen LogP contribution in [0.4, 0.5) is 4.79 Å². The van der Waals surface area contributed by atoms with Gasteiger partial charge in [0, 0.05) is 7.11 Å². The van der Waals surface area contributed by atoms with Crippen molar-refractivity contribution in [2.45, 2.75) is 45.4 Å². The van der Waals surface area contributed by atoms with E-state index in [1.165, 1.54) is 14.2 Å². The van der Waals surface area contributed by atoms with E-state index in [9.17, 15) is 9.59 Å². The first kappa shape index (κ1) is 15.7. The normalized spacial score (nSPS) is 14.7. The van der Waals surface area contributed by atoms with Crippen molar-refractivity contribution in [3.8, 4) is 0 Å². The molecule has 17 heavy (non-hydrogen) atoms. The molecular formula is C11H21NO5. The monoisotopic (exact) mass is 247 g/mol. The predicted molar refractivity (Wildman–Crippen MR) is 61.6 cm³/mol. The van der Waals surface area contributed by atoms with Crippen molar-refractivity contribution in [2.75, 3.05) is 14.2 Å². The Bertz CT molecular complexity index is 272. The third kappa shape index (κ3) is 6.11. The first-order valence-corrected chi connectivity index (χ1v) is 5.31. The van der Waals surface area contributed by atoms with Crippen molar-refractivity contribution in [1.29, 1.82) is 0 Å². The second-order valence-electron chi connectivity index (χ2n) is 4.59. The molecule has 0 saturated heterocycles. The van der Waals surface area contributed by atoms with Gasteiger partial charge in [0.15, 0.2) is 6.04 Å². The van der Waals surface area contributed by atoms with Gasteiger partial charge in [0.1, 0.15) is 5.60 Å². The van der Waals surface area contributed by atoms with Crippen LogP contribution in [0.1, 0.15) is 27.7 Å². The molecule has 0 rings (SSSR count). The lowest BCUT2D eigenvalue weighted by molar-refractivity contribution is -0.146. The maximum atomic E-state index is 11.5. The summed E-state index contributed by atoms with van der Waals surface area (Å²) in [4.78, 5) is 23.0. The van der Waals surface area contributed by atoms with Gasteiger partial charge in [-0.25, -0.2) is 9.59 Å². The summed E-state index contributed by atoms with van der Waals surface area (Å²) in [6, 6.07) is -0.889. The topological polar surface area (TPSA) is 73.9 Å². The minimum atomic E-state index is -0.889. The van der Waals surface area contributed by atoms with E-state index in [-0.39, 0.29) is 0 Å². The number of esters is 1. The Morgan fingerprint density at radius 1 is 1.18 bits per heavy atom. The lowest BCUT2D eigenvalue weighted by atomic mass is 10.2. The van der Waals surface area contributed by atoms with Crippen molar-refractivity contribution in [2.24, 2.45) is 0 Å². The summed E-state index contributed by atoms with van der Waals surface area (Å²) in [5.41, 5.74) is -0.624. The first-order valence-electron chi connectivity index (χ1n) is 5.31. The number of alkyl carbamates (subject to hydrolysis) is 1. The van der Waals surface area contributed by atoms with Crippen molar-refractivity contribution in [3.05, 3.63) is 0 Å². The fourth-order valence-electron chi connectivity index (χ4n) is 1.07. The van der Waals surface area contributed by atoms with E-state index < -0.39 is 29.8 Å². The lowest BCUT2D eigenvalue weighted by Crippen LogP contribution is -2.50. The molecule has 1 N–H and O–H groups in total. The van der Waals surface area contributed by atoms with Crippen LogP contribution in [0.2, 0.25) is 0 Å². The highest BCUT2D eigenvalue weighted by Crippen LogP contribution is 2.08. The lowest BCUT2D eigenvalue weighted by Gasteiger charge is -2.25. The van der Waals surface area contributed by atoms with Gasteiger partial charge >= 0.3 is 12.1 Å². The molecule has 0 radical (unpaired) electrons. The number of rotatable bonds is 4. The van der Waals surface area contributed by atoms with Crippen molar-refractivity contribution < 1.29 is 23.8 Å². The van der Waals surface area contributed by atoms with Gasteiger partial charge in [-0.05, 0) is 27.7 Å². The Morgan fingerprint density at radius 3 is 2.06 bits per heavy atom. The van der Waals surface area contributed by atoms with Crippen molar-refractivity contribution in [3.63, 3.8) is 0 Å². The highest BCUT2D eigenvalue weighted by Gasteiger charge is 2.29. The molecule has 100 valence electrons. The molecule has 0 heterocycles. The van der Waals surface area contributed by atoms with Crippen LogP contribution in [0.3, 0.4) is 0 Å². The van der Waals surface area contributed by atoms with Crippen LogP contribution in [-0.2, 0) is 19.0 Å². The van der Waals surface area contributed by atoms with Crippen LogP contribution >= 0.6 is 0 Å². The number of carbonyl (C=O) groups is 2. The van der Waals surface area contributed by atoms with Crippen molar-refractivity contribution >= 4 is 12.1 Å². The summed E-state index contributed by atoms with van der Waals surface area (Å²) in [7, 11) is 2.69. The Labute approximate surface area is 102 Å². The number of hydrogen-bond acceptors (Lipinski definition) is 5. The molecule has 0 saturated carbocycles. The maximum absolute atomic E-state index is 11.5. The molecular weight excluding hydrogens is 226 g/mol. The smallest absolute Gasteiger partial charge is 0.408 e. The van der Waals surface area contributed by atoms with Gasteiger partial charge in [-0.2, -0.15) is 0 Å². The van der Waals surface area contributed by atoms with Gasteiger partial charge in [-0.1, -0.05) is 0 Å². The van der Waals surface area contributed by atoms with Crippen LogP contribution in [0.15, 0.2) is 0 Å². The zero-order valence-electron chi connectivity index (χ0n) is 11.2. The van der Waals surface area contributed by atoms with E-state index in [4.69, 9.17) is 9.47 Å². The zero-order valence-corrected chi connectivity index (χ0v) is 11.2. The minimum Gasteiger partial charge on any atom is -0.467 e. The molecule has 0 fully saturated rings. The summed E-state index contributed by atoms with van der Waals surface area (Å²) in [6.07, 6.45) is -1.19. The quantitative estimate of drug-likeness (QED) is 0.753. The highest BCUT2D eigenvalue weighted by atomic mass is 16.6. The fraction of sp³-hybridized carbons (Fsp3) is 0.818. The van der Waals surface area contributed by atoms with Gasteiger partial charge in [-0.3, -0.25) is 0 Å². The molecule has 6 heteroatoms. The van der Waals surface area contributed by atoms with Gasteiger partial charge < -0.3 is 19.5 Å². The average molecular weight is 247 g/mol. The molecule has 0 aliphatic heterocycles. The van der Waals surface area contributed by atoms with Crippen LogP contribution in [-0.4, -0.2) is 44.0 Å². The van der Waals surface area contributed by atoms with Crippen LogP contribution < -0.4 is 5.32 Å². The number of ether oxygens (including phenoxy) is 3. The second-order valence-corrected chi connectivity index (χ2v) is 4.59. The number of carbonyl (C=O) groups excluding carboxylic acids is 2. The van der Waals surface area contributed by atoms with Crippen LogP contribution in [0.25, 0.3) is 0 Å². The Kier molecular flexibility index (Phi) is 5.95. The summed E-state index contributed by atoms with van der Waals surface area (Å²) in [6.45, 7) is 6.86. The molecule has 0 spiro atoms. The molecule has 0 aromatic rings. The molecule has 2 atom stereocenters. The van der Waals surface area contributed by atoms with Crippen molar-refractivity contribution in [1.82, 2.24) is 5.32 Å². The first-order chi connectivity index (χ1) is 7.71. The Balaban J connectivity index is 4.54. The molecule has 6 nitrogen and oxygen atoms in total. The molecule has 1 amide bonds. The largest absolute Gasteiger partial charge is 0.467 e. The summed E-state index contributed by atoms with van der Waals surface area (Å²) in [5.74, 6) is -0.579. The third-order valence-electron chi connectivity index (χ3n) is 1.97. The summed E-state index contributed by atoms with van der Waals surface area (Å²) >= 11 is 0. The van der Waals surface area contributed by atoms with E-state index in [0.29, 0.717) is 0 Å². The molecule has 0 aromatic heterocycles. The van der Waals surface area contributed by atoms with E-state index in [0.717, 1.165) is 0 Å². The second kappa shape index (κ2) is 6.44. The standard InChI is InChI=1S/C11H21NO5/c1-7(15-5)8(9(13)16-6)12-10(14)17-11(2,3)4/h7-8H,1-6H3,(H,12,14)/t7?,8-/m1/s1. The number of hydrogen-bond donors (Lipinski definition) is 1.